The molecule has 0 saturated heterocycles. The molecule has 1 amide bonds. The number of amides is 1. The maximum absolute atomic E-state index is 12.6. The van der Waals surface area contributed by atoms with Crippen molar-refractivity contribution in [3.8, 4) is 11.8 Å². The van der Waals surface area contributed by atoms with Crippen LogP contribution in [0.4, 0.5) is 5.69 Å². The average molecular weight is 385 g/mol. The maximum Gasteiger partial charge on any atom is 0.335 e. The fourth-order valence-corrected chi connectivity index (χ4v) is 2.91. The summed E-state index contributed by atoms with van der Waals surface area (Å²) in [5.41, 5.74) is 3.93. The van der Waals surface area contributed by atoms with Crippen molar-refractivity contribution in [2.75, 3.05) is 5.32 Å². The monoisotopic (exact) mass is 385 g/mol. The Labute approximate surface area is 168 Å². The molecule has 0 saturated carbocycles. The van der Waals surface area contributed by atoms with Gasteiger partial charge in [0.2, 0.25) is 0 Å². The maximum atomic E-state index is 12.6. The van der Waals surface area contributed by atoms with E-state index in [1.807, 2.05) is 32.0 Å². The number of carboxylic acid groups (broad SMARTS) is 1. The van der Waals surface area contributed by atoms with Crippen molar-refractivity contribution in [1.82, 2.24) is 4.57 Å². The topological polar surface area (TPSA) is 95.1 Å². The summed E-state index contributed by atoms with van der Waals surface area (Å²) in [6.45, 7) is 3.85. The molecular formula is C23H19N3O3. The van der Waals surface area contributed by atoms with Gasteiger partial charge in [-0.05, 0) is 67.4 Å². The molecular weight excluding hydrogens is 366 g/mol. The van der Waals surface area contributed by atoms with E-state index >= 15 is 0 Å². The van der Waals surface area contributed by atoms with Crippen LogP contribution in [-0.4, -0.2) is 21.6 Å². The summed E-state index contributed by atoms with van der Waals surface area (Å²) in [6.07, 6.45) is 3.22. The van der Waals surface area contributed by atoms with Crippen LogP contribution in [0.1, 0.15) is 27.2 Å². The van der Waals surface area contributed by atoms with Crippen LogP contribution < -0.4 is 5.32 Å². The lowest BCUT2D eigenvalue weighted by Gasteiger charge is -2.10. The first-order valence-corrected chi connectivity index (χ1v) is 8.91. The van der Waals surface area contributed by atoms with Crippen molar-refractivity contribution in [2.45, 2.75) is 13.8 Å². The van der Waals surface area contributed by atoms with Crippen molar-refractivity contribution >= 4 is 23.6 Å². The number of carbonyl (C=O) groups is 2. The average Bonchev–Trinajstić information content (AvgIpc) is 3.18. The van der Waals surface area contributed by atoms with Gasteiger partial charge in [-0.15, -0.1) is 0 Å². The molecule has 6 nitrogen and oxygen atoms in total. The Morgan fingerprint density at radius 1 is 1.10 bits per heavy atom. The number of nitrogens with one attached hydrogen (secondary N) is 1. The molecule has 0 atom stereocenters. The summed E-state index contributed by atoms with van der Waals surface area (Å²) in [5.74, 6) is -1.53. The molecule has 3 aromatic rings. The molecule has 6 heteroatoms. The number of aromatic nitrogens is 1. The summed E-state index contributed by atoms with van der Waals surface area (Å²) in [5, 5.41) is 21.5. The van der Waals surface area contributed by atoms with Crippen LogP contribution in [0.15, 0.2) is 66.4 Å². The highest BCUT2D eigenvalue weighted by Gasteiger charge is 2.13. The minimum absolute atomic E-state index is 0.0553. The number of benzene rings is 2. The van der Waals surface area contributed by atoms with Crippen molar-refractivity contribution in [2.24, 2.45) is 0 Å². The predicted octanol–water partition coefficient (Wildman–Crippen LogP) is 4.34. The van der Waals surface area contributed by atoms with Crippen LogP contribution in [-0.2, 0) is 4.79 Å². The van der Waals surface area contributed by atoms with Gasteiger partial charge in [0.25, 0.3) is 5.91 Å². The van der Waals surface area contributed by atoms with Gasteiger partial charge in [-0.3, -0.25) is 4.79 Å². The number of hydrogen-bond acceptors (Lipinski definition) is 3. The zero-order valence-electron chi connectivity index (χ0n) is 16.0. The highest BCUT2D eigenvalue weighted by atomic mass is 16.4. The Morgan fingerprint density at radius 2 is 1.86 bits per heavy atom. The van der Waals surface area contributed by atoms with E-state index in [4.69, 9.17) is 0 Å². The fourth-order valence-electron chi connectivity index (χ4n) is 2.91. The van der Waals surface area contributed by atoms with Gasteiger partial charge in [0.05, 0.1) is 5.56 Å². The van der Waals surface area contributed by atoms with Crippen LogP contribution in [0, 0.1) is 25.2 Å². The molecule has 2 aromatic carbocycles. The van der Waals surface area contributed by atoms with E-state index in [-0.39, 0.29) is 11.1 Å². The first-order valence-electron chi connectivity index (χ1n) is 8.91. The number of rotatable bonds is 5. The molecule has 3 rings (SSSR count). The fraction of sp³-hybridized carbons (Fsp3) is 0.0870. The van der Waals surface area contributed by atoms with E-state index in [1.165, 1.54) is 18.2 Å². The van der Waals surface area contributed by atoms with Gasteiger partial charge in [-0.25, -0.2) is 4.79 Å². The van der Waals surface area contributed by atoms with E-state index in [1.54, 1.807) is 41.1 Å². The van der Waals surface area contributed by atoms with Crippen molar-refractivity contribution in [1.29, 1.82) is 5.26 Å². The summed E-state index contributed by atoms with van der Waals surface area (Å²) in [6, 6.07) is 17.5. The summed E-state index contributed by atoms with van der Waals surface area (Å²) in [7, 11) is 0. The third-order valence-corrected chi connectivity index (χ3v) is 4.66. The smallest absolute Gasteiger partial charge is 0.335 e. The van der Waals surface area contributed by atoms with Crippen LogP contribution in [0.3, 0.4) is 0 Å². The number of hydrogen-bond donors (Lipinski definition) is 2. The molecule has 1 aromatic heterocycles. The second-order valence-corrected chi connectivity index (χ2v) is 6.53. The van der Waals surface area contributed by atoms with Gasteiger partial charge in [-0.2, -0.15) is 5.26 Å². The molecule has 0 unspecified atom stereocenters. The molecule has 0 aliphatic heterocycles. The summed E-state index contributed by atoms with van der Waals surface area (Å²) >= 11 is 0. The predicted molar refractivity (Wildman–Crippen MR) is 111 cm³/mol. The zero-order valence-corrected chi connectivity index (χ0v) is 16.0. The van der Waals surface area contributed by atoms with Gasteiger partial charge in [0, 0.05) is 23.3 Å². The lowest BCUT2D eigenvalue weighted by atomic mass is 10.1. The third kappa shape index (κ3) is 4.25. The first-order chi connectivity index (χ1) is 13.9. The molecule has 0 spiro atoms. The third-order valence-electron chi connectivity index (χ3n) is 4.66. The summed E-state index contributed by atoms with van der Waals surface area (Å²) in [4.78, 5) is 23.9. The van der Waals surface area contributed by atoms with Gasteiger partial charge >= 0.3 is 5.97 Å². The van der Waals surface area contributed by atoms with Crippen molar-refractivity contribution in [3.05, 3.63) is 88.8 Å². The van der Waals surface area contributed by atoms with Gasteiger partial charge in [0.15, 0.2) is 0 Å². The van der Waals surface area contributed by atoms with E-state index in [2.05, 4.69) is 5.32 Å². The molecule has 0 radical (unpaired) electrons. The molecule has 0 aliphatic rings. The molecule has 0 aliphatic carbocycles. The number of nitriles is 1. The minimum atomic E-state index is -1.03. The molecule has 1 heterocycles. The van der Waals surface area contributed by atoms with Crippen molar-refractivity contribution < 1.29 is 14.7 Å². The number of anilines is 1. The normalized spacial score (nSPS) is 11.0. The SMILES string of the molecule is Cc1cccc(NC(=O)C(C#N)=Cc2cccn2-c2cccc(C(=O)O)c2)c1C. The van der Waals surface area contributed by atoms with Gasteiger partial charge < -0.3 is 15.0 Å². The van der Waals surface area contributed by atoms with Crippen LogP contribution in [0.25, 0.3) is 11.8 Å². The van der Waals surface area contributed by atoms with E-state index in [0.717, 1.165) is 11.1 Å². The van der Waals surface area contributed by atoms with Crippen molar-refractivity contribution in [3.63, 3.8) is 0 Å². The number of nitrogens with zero attached hydrogens (tertiary/aromatic N) is 2. The molecule has 2 N–H and O–H groups in total. The molecule has 29 heavy (non-hydrogen) atoms. The van der Waals surface area contributed by atoms with Gasteiger partial charge in [-0.1, -0.05) is 18.2 Å². The zero-order chi connectivity index (χ0) is 21.0. The second-order valence-electron chi connectivity index (χ2n) is 6.53. The Balaban J connectivity index is 1.93. The van der Waals surface area contributed by atoms with E-state index in [9.17, 15) is 20.0 Å². The van der Waals surface area contributed by atoms with Crippen LogP contribution in [0.2, 0.25) is 0 Å². The highest BCUT2D eigenvalue weighted by molar-refractivity contribution is 6.10. The first kappa shape index (κ1) is 19.6. The number of carboxylic acids is 1. The Hall–Kier alpha value is -4.11. The van der Waals surface area contributed by atoms with Crippen LogP contribution >= 0.6 is 0 Å². The molecule has 0 bridgehead atoms. The Kier molecular flexibility index (Phi) is 5.61. The number of carbonyl (C=O) groups excluding carboxylic acids is 1. The largest absolute Gasteiger partial charge is 0.478 e. The highest BCUT2D eigenvalue weighted by Crippen LogP contribution is 2.20. The minimum Gasteiger partial charge on any atom is -0.478 e. The lowest BCUT2D eigenvalue weighted by Crippen LogP contribution is -2.14. The Bertz CT molecular complexity index is 1170. The number of aromatic carboxylic acids is 1. The van der Waals surface area contributed by atoms with Crippen LogP contribution in [0.5, 0.6) is 0 Å². The van der Waals surface area contributed by atoms with E-state index < -0.39 is 11.9 Å². The summed E-state index contributed by atoms with van der Waals surface area (Å²) < 4.78 is 1.72. The molecule has 144 valence electrons. The van der Waals surface area contributed by atoms with E-state index in [0.29, 0.717) is 17.1 Å². The number of aryl methyl sites for hydroxylation is 1. The molecule has 0 fully saturated rings. The lowest BCUT2D eigenvalue weighted by molar-refractivity contribution is -0.112. The Morgan fingerprint density at radius 3 is 2.59 bits per heavy atom. The van der Waals surface area contributed by atoms with Gasteiger partial charge in [0.1, 0.15) is 11.6 Å². The quantitative estimate of drug-likeness (QED) is 0.504. The standard InChI is InChI=1S/C23H19N3O3/c1-15-6-3-10-21(16(15)2)25-22(27)18(14-24)13-20-9-5-11-26(20)19-8-4-7-17(12-19)23(28)29/h3-13H,1-2H3,(H,25,27)(H,28,29). The second kappa shape index (κ2) is 8.28.